The molecule has 0 bridgehead atoms. The van der Waals surface area contributed by atoms with Crippen LogP contribution in [0.5, 0.6) is 0 Å². The normalized spacial score (nSPS) is 34.5. The van der Waals surface area contributed by atoms with Gasteiger partial charge in [0.15, 0.2) is 0 Å². The minimum Gasteiger partial charge on any atom is -0.315 e. The van der Waals surface area contributed by atoms with Crippen LogP contribution in [0.2, 0.25) is 0 Å². The van der Waals surface area contributed by atoms with E-state index in [0.717, 1.165) is 45.2 Å². The number of nitrogens with zero attached hydrogens (tertiary/aromatic N) is 1. The van der Waals surface area contributed by atoms with Crippen molar-refractivity contribution in [2.75, 3.05) is 25.9 Å². The average Bonchev–Trinajstić information content (AvgIpc) is 2.18. The van der Waals surface area contributed by atoms with Crippen molar-refractivity contribution < 1.29 is 8.42 Å². The Labute approximate surface area is 92.1 Å². The molecule has 4 nitrogen and oxygen atoms in total. The molecule has 0 aromatic carbocycles. The molecule has 0 radical (unpaired) electrons. The maximum Gasteiger partial charge on any atom is 0.211 e. The Hall–Kier alpha value is -0.130. The van der Waals surface area contributed by atoms with E-state index >= 15 is 0 Å². The van der Waals surface area contributed by atoms with E-state index in [1.807, 2.05) is 0 Å². The van der Waals surface area contributed by atoms with Crippen molar-refractivity contribution in [3.63, 3.8) is 0 Å². The molecule has 0 aromatic rings. The maximum absolute atomic E-state index is 11.8. The fourth-order valence-corrected chi connectivity index (χ4v) is 4.38. The molecule has 1 N–H and O–H groups in total. The lowest BCUT2D eigenvalue weighted by Gasteiger charge is -2.48. The van der Waals surface area contributed by atoms with Crippen LogP contribution < -0.4 is 5.32 Å². The SMILES string of the molecule is CS(=O)(=O)N1CCCC[C@]12CCCNC2. The zero-order chi connectivity index (χ0) is 10.9. The molecule has 5 heteroatoms. The average molecular weight is 232 g/mol. The number of sulfonamides is 1. The molecule has 2 aliphatic rings. The van der Waals surface area contributed by atoms with Crippen LogP contribution in [-0.2, 0) is 10.0 Å². The Morgan fingerprint density at radius 1 is 1.20 bits per heavy atom. The number of hydrogen-bond donors (Lipinski definition) is 1. The molecule has 2 rings (SSSR count). The minimum absolute atomic E-state index is 0.107. The van der Waals surface area contributed by atoms with E-state index in [0.29, 0.717) is 6.54 Å². The first-order chi connectivity index (χ1) is 7.05. The zero-order valence-corrected chi connectivity index (χ0v) is 10.1. The van der Waals surface area contributed by atoms with Crippen LogP contribution in [-0.4, -0.2) is 44.2 Å². The summed E-state index contributed by atoms with van der Waals surface area (Å²) in [4.78, 5) is 0. The Morgan fingerprint density at radius 2 is 1.93 bits per heavy atom. The van der Waals surface area contributed by atoms with Gasteiger partial charge in [0.05, 0.1) is 6.26 Å². The molecule has 1 atom stereocenters. The molecule has 2 saturated heterocycles. The Bertz CT molecular complexity index is 312. The van der Waals surface area contributed by atoms with Crippen LogP contribution in [0.15, 0.2) is 0 Å². The van der Waals surface area contributed by atoms with Gasteiger partial charge in [-0.1, -0.05) is 6.42 Å². The molecular formula is C10H20N2O2S. The summed E-state index contributed by atoms with van der Waals surface area (Å²) in [5.41, 5.74) is -0.107. The van der Waals surface area contributed by atoms with Gasteiger partial charge in [0.25, 0.3) is 0 Å². The van der Waals surface area contributed by atoms with Crippen molar-refractivity contribution in [2.24, 2.45) is 0 Å². The van der Waals surface area contributed by atoms with Crippen LogP contribution in [0.1, 0.15) is 32.1 Å². The fourth-order valence-electron chi connectivity index (χ4n) is 2.97. The third kappa shape index (κ3) is 2.19. The first kappa shape index (κ1) is 11.4. The molecule has 2 aliphatic heterocycles. The summed E-state index contributed by atoms with van der Waals surface area (Å²) in [5.74, 6) is 0. The van der Waals surface area contributed by atoms with Crippen molar-refractivity contribution in [3.05, 3.63) is 0 Å². The summed E-state index contributed by atoms with van der Waals surface area (Å²) in [6.45, 7) is 2.57. The first-order valence-electron chi connectivity index (χ1n) is 5.73. The molecule has 88 valence electrons. The summed E-state index contributed by atoms with van der Waals surface area (Å²) in [6.07, 6.45) is 6.64. The molecule has 15 heavy (non-hydrogen) atoms. The number of piperidine rings is 2. The highest BCUT2D eigenvalue weighted by atomic mass is 32.2. The van der Waals surface area contributed by atoms with E-state index in [2.05, 4.69) is 5.32 Å². The molecule has 2 fully saturated rings. The lowest BCUT2D eigenvalue weighted by molar-refractivity contribution is 0.100. The lowest BCUT2D eigenvalue weighted by Crippen LogP contribution is -2.61. The summed E-state index contributed by atoms with van der Waals surface area (Å²) in [7, 11) is -3.04. The van der Waals surface area contributed by atoms with Gasteiger partial charge in [0.1, 0.15) is 0 Å². The second-order valence-electron chi connectivity index (χ2n) is 4.80. The molecule has 0 aromatic heterocycles. The summed E-state index contributed by atoms with van der Waals surface area (Å²) >= 11 is 0. The minimum atomic E-state index is -3.04. The van der Waals surface area contributed by atoms with Gasteiger partial charge in [-0.05, 0) is 32.2 Å². The van der Waals surface area contributed by atoms with Crippen molar-refractivity contribution in [1.82, 2.24) is 9.62 Å². The summed E-state index contributed by atoms with van der Waals surface area (Å²) in [6, 6.07) is 0. The largest absolute Gasteiger partial charge is 0.315 e. The number of nitrogens with one attached hydrogen (secondary N) is 1. The quantitative estimate of drug-likeness (QED) is 0.718. The van der Waals surface area contributed by atoms with Crippen LogP contribution in [0.3, 0.4) is 0 Å². The van der Waals surface area contributed by atoms with Gasteiger partial charge in [0.2, 0.25) is 10.0 Å². The Kier molecular flexibility index (Phi) is 3.05. The van der Waals surface area contributed by atoms with Gasteiger partial charge < -0.3 is 5.32 Å². The third-order valence-electron chi connectivity index (χ3n) is 3.63. The lowest BCUT2D eigenvalue weighted by atomic mass is 9.82. The molecular weight excluding hydrogens is 212 g/mol. The summed E-state index contributed by atoms with van der Waals surface area (Å²) in [5, 5.41) is 3.34. The topological polar surface area (TPSA) is 49.4 Å². The molecule has 0 unspecified atom stereocenters. The van der Waals surface area contributed by atoms with Crippen LogP contribution in [0, 0.1) is 0 Å². The number of rotatable bonds is 1. The van der Waals surface area contributed by atoms with Crippen LogP contribution in [0.4, 0.5) is 0 Å². The second kappa shape index (κ2) is 4.03. The van der Waals surface area contributed by atoms with Gasteiger partial charge in [-0.15, -0.1) is 0 Å². The predicted octanol–water partition coefficient (Wildman–Crippen LogP) is 0.554. The van der Waals surface area contributed by atoms with Gasteiger partial charge in [0, 0.05) is 18.6 Å². The Balaban J connectivity index is 2.25. The zero-order valence-electron chi connectivity index (χ0n) is 9.33. The smallest absolute Gasteiger partial charge is 0.211 e. The standard InChI is InChI=1S/C10H20N2O2S/c1-15(13,14)12-8-3-2-5-10(12)6-4-7-11-9-10/h11H,2-9H2,1H3/t10-/m1/s1. The van der Waals surface area contributed by atoms with Crippen molar-refractivity contribution in [1.29, 1.82) is 0 Å². The van der Waals surface area contributed by atoms with Gasteiger partial charge in [-0.2, -0.15) is 4.31 Å². The van der Waals surface area contributed by atoms with Gasteiger partial charge >= 0.3 is 0 Å². The van der Waals surface area contributed by atoms with Gasteiger partial charge in [-0.25, -0.2) is 8.42 Å². The predicted molar refractivity (Wildman–Crippen MR) is 60.2 cm³/mol. The highest BCUT2D eigenvalue weighted by Gasteiger charge is 2.43. The highest BCUT2D eigenvalue weighted by Crippen LogP contribution is 2.35. The highest BCUT2D eigenvalue weighted by molar-refractivity contribution is 7.88. The van der Waals surface area contributed by atoms with Crippen LogP contribution in [0.25, 0.3) is 0 Å². The monoisotopic (exact) mass is 232 g/mol. The molecule has 0 saturated carbocycles. The van der Waals surface area contributed by atoms with E-state index in [1.165, 1.54) is 6.26 Å². The van der Waals surface area contributed by atoms with E-state index in [9.17, 15) is 8.42 Å². The van der Waals surface area contributed by atoms with Crippen molar-refractivity contribution in [2.45, 2.75) is 37.6 Å². The van der Waals surface area contributed by atoms with E-state index in [-0.39, 0.29) is 5.54 Å². The molecule has 1 spiro atoms. The van der Waals surface area contributed by atoms with Gasteiger partial charge in [-0.3, -0.25) is 0 Å². The number of hydrogen-bond acceptors (Lipinski definition) is 3. The summed E-state index contributed by atoms with van der Waals surface area (Å²) < 4.78 is 25.3. The fraction of sp³-hybridized carbons (Fsp3) is 1.00. The van der Waals surface area contributed by atoms with E-state index in [4.69, 9.17) is 0 Å². The third-order valence-corrected chi connectivity index (χ3v) is 5.00. The van der Waals surface area contributed by atoms with E-state index in [1.54, 1.807) is 4.31 Å². The van der Waals surface area contributed by atoms with Crippen molar-refractivity contribution in [3.8, 4) is 0 Å². The second-order valence-corrected chi connectivity index (χ2v) is 6.70. The van der Waals surface area contributed by atoms with Crippen LogP contribution >= 0.6 is 0 Å². The van der Waals surface area contributed by atoms with Crippen molar-refractivity contribution >= 4 is 10.0 Å². The molecule has 0 aliphatic carbocycles. The van der Waals surface area contributed by atoms with E-state index < -0.39 is 10.0 Å². The molecule has 2 heterocycles. The molecule has 0 amide bonds. The maximum atomic E-state index is 11.8. The first-order valence-corrected chi connectivity index (χ1v) is 7.58. The Morgan fingerprint density at radius 3 is 2.53 bits per heavy atom.